The zero-order chi connectivity index (χ0) is 17.2. The summed E-state index contributed by atoms with van der Waals surface area (Å²) >= 11 is 0. The van der Waals surface area contributed by atoms with Gasteiger partial charge in [-0.2, -0.15) is 0 Å². The van der Waals surface area contributed by atoms with Gasteiger partial charge in [-0.1, -0.05) is 18.2 Å². The molecule has 3 rings (SSSR count). The molecule has 6 heteroatoms. The van der Waals surface area contributed by atoms with E-state index >= 15 is 0 Å². The summed E-state index contributed by atoms with van der Waals surface area (Å²) in [6.07, 6.45) is 1.69. The van der Waals surface area contributed by atoms with Crippen LogP contribution in [0.15, 0.2) is 71.8 Å². The summed E-state index contributed by atoms with van der Waals surface area (Å²) in [5.74, 6) is 0.0160. The summed E-state index contributed by atoms with van der Waals surface area (Å²) in [5, 5.41) is 9.30. The molecule has 3 aromatic rings. The number of aromatic nitrogens is 1. The Hall–Kier alpha value is -2.86. The highest BCUT2D eigenvalue weighted by Gasteiger charge is 2.16. The van der Waals surface area contributed by atoms with Crippen LogP contribution in [0, 0.1) is 6.92 Å². The molecule has 0 aliphatic carbocycles. The van der Waals surface area contributed by atoms with Crippen molar-refractivity contribution in [3.63, 3.8) is 0 Å². The largest absolute Gasteiger partial charge is 0.508 e. The fraction of sp³-hybridized carbons (Fsp3) is 0.0556. The van der Waals surface area contributed by atoms with E-state index in [-0.39, 0.29) is 10.6 Å². The Labute approximate surface area is 140 Å². The minimum atomic E-state index is -3.73. The third-order valence-electron chi connectivity index (χ3n) is 3.59. The first kappa shape index (κ1) is 16.0. The Balaban J connectivity index is 1.96. The first-order chi connectivity index (χ1) is 11.5. The summed E-state index contributed by atoms with van der Waals surface area (Å²) in [6.45, 7) is 1.83. The number of hydrogen-bond acceptors (Lipinski definition) is 4. The lowest BCUT2D eigenvalue weighted by Gasteiger charge is -2.12. The zero-order valence-electron chi connectivity index (χ0n) is 13.0. The Kier molecular flexibility index (Phi) is 4.22. The number of nitrogens with zero attached hydrogens (tertiary/aromatic N) is 1. The maximum absolute atomic E-state index is 12.5. The van der Waals surface area contributed by atoms with Gasteiger partial charge in [-0.15, -0.1) is 0 Å². The van der Waals surface area contributed by atoms with Crippen LogP contribution in [0.2, 0.25) is 0 Å². The number of pyridine rings is 1. The minimum Gasteiger partial charge on any atom is -0.508 e. The highest BCUT2D eigenvalue weighted by molar-refractivity contribution is 7.92. The van der Waals surface area contributed by atoms with Gasteiger partial charge in [0.2, 0.25) is 0 Å². The van der Waals surface area contributed by atoms with Crippen LogP contribution >= 0.6 is 0 Å². The van der Waals surface area contributed by atoms with Gasteiger partial charge in [0.1, 0.15) is 5.75 Å². The van der Waals surface area contributed by atoms with Crippen molar-refractivity contribution in [3.8, 4) is 17.0 Å². The molecule has 0 saturated heterocycles. The van der Waals surface area contributed by atoms with Gasteiger partial charge in [0.15, 0.2) is 0 Å². The zero-order valence-corrected chi connectivity index (χ0v) is 13.8. The first-order valence-corrected chi connectivity index (χ1v) is 8.78. The van der Waals surface area contributed by atoms with Crippen LogP contribution in [0.4, 0.5) is 5.69 Å². The Bertz CT molecular complexity index is 953. The van der Waals surface area contributed by atoms with Gasteiger partial charge in [0, 0.05) is 11.8 Å². The predicted octanol–water partition coefficient (Wildman–Crippen LogP) is 3.56. The SMILES string of the molecule is Cc1ccc(-c2ccccn2)cc1NS(=O)(=O)c1ccc(O)cc1. The van der Waals surface area contributed by atoms with E-state index < -0.39 is 10.0 Å². The number of aromatic hydroxyl groups is 1. The lowest BCUT2D eigenvalue weighted by molar-refractivity contribution is 0.475. The molecule has 2 N–H and O–H groups in total. The number of benzene rings is 2. The Morgan fingerprint density at radius 3 is 2.42 bits per heavy atom. The predicted molar refractivity (Wildman–Crippen MR) is 93.3 cm³/mol. The van der Waals surface area contributed by atoms with Gasteiger partial charge in [0.05, 0.1) is 16.3 Å². The van der Waals surface area contributed by atoms with Crippen molar-refractivity contribution in [3.05, 3.63) is 72.4 Å². The van der Waals surface area contributed by atoms with E-state index in [2.05, 4.69) is 9.71 Å². The second kappa shape index (κ2) is 6.33. The van der Waals surface area contributed by atoms with Crippen molar-refractivity contribution >= 4 is 15.7 Å². The van der Waals surface area contributed by atoms with Gasteiger partial charge in [-0.05, 0) is 55.0 Å². The molecular formula is C18H16N2O3S. The number of aryl methyl sites for hydroxylation is 1. The average Bonchev–Trinajstić information content (AvgIpc) is 2.58. The van der Waals surface area contributed by atoms with Crippen LogP contribution in [0.25, 0.3) is 11.3 Å². The lowest BCUT2D eigenvalue weighted by Crippen LogP contribution is -2.13. The molecule has 0 radical (unpaired) electrons. The third-order valence-corrected chi connectivity index (χ3v) is 4.97. The molecule has 5 nitrogen and oxygen atoms in total. The fourth-order valence-electron chi connectivity index (χ4n) is 2.25. The average molecular weight is 340 g/mol. The number of phenols is 1. The summed E-state index contributed by atoms with van der Waals surface area (Å²) in [4.78, 5) is 4.37. The van der Waals surface area contributed by atoms with Crippen LogP contribution in [0.1, 0.15) is 5.56 Å². The maximum atomic E-state index is 12.5. The monoisotopic (exact) mass is 340 g/mol. The Morgan fingerprint density at radius 2 is 1.75 bits per heavy atom. The van der Waals surface area contributed by atoms with Crippen molar-refractivity contribution in [1.82, 2.24) is 4.98 Å². The van der Waals surface area contributed by atoms with E-state index in [1.54, 1.807) is 12.3 Å². The highest BCUT2D eigenvalue weighted by Crippen LogP contribution is 2.26. The minimum absolute atomic E-state index is 0.0160. The first-order valence-electron chi connectivity index (χ1n) is 7.30. The van der Waals surface area contributed by atoms with Crippen molar-refractivity contribution in [2.75, 3.05) is 4.72 Å². The molecule has 0 saturated carbocycles. The smallest absolute Gasteiger partial charge is 0.261 e. The van der Waals surface area contributed by atoms with Crippen LogP contribution < -0.4 is 4.72 Å². The van der Waals surface area contributed by atoms with Crippen LogP contribution in [0.3, 0.4) is 0 Å². The highest BCUT2D eigenvalue weighted by atomic mass is 32.2. The van der Waals surface area contributed by atoms with Gasteiger partial charge in [-0.25, -0.2) is 8.42 Å². The molecule has 1 aromatic heterocycles. The number of nitrogens with one attached hydrogen (secondary N) is 1. The normalized spacial score (nSPS) is 11.2. The van der Waals surface area contributed by atoms with Crippen LogP contribution in [0.5, 0.6) is 5.75 Å². The molecule has 0 fully saturated rings. The van der Waals surface area contributed by atoms with E-state index in [0.29, 0.717) is 5.69 Å². The molecule has 1 heterocycles. The number of rotatable bonds is 4. The van der Waals surface area contributed by atoms with Gasteiger partial charge < -0.3 is 5.11 Å². The molecule has 0 aliphatic rings. The second-order valence-corrected chi connectivity index (χ2v) is 7.03. The standard InChI is InChI=1S/C18H16N2O3S/c1-13-5-6-14(17-4-2-3-11-19-17)12-18(13)20-24(22,23)16-9-7-15(21)8-10-16/h2-12,20-21H,1H3. The molecule has 122 valence electrons. The molecule has 0 spiro atoms. The Morgan fingerprint density at radius 1 is 1.00 bits per heavy atom. The topological polar surface area (TPSA) is 79.3 Å². The molecule has 0 atom stereocenters. The van der Waals surface area contributed by atoms with E-state index in [4.69, 9.17) is 0 Å². The molecule has 0 aliphatic heterocycles. The van der Waals surface area contributed by atoms with Gasteiger partial charge >= 0.3 is 0 Å². The second-order valence-electron chi connectivity index (χ2n) is 5.34. The summed E-state index contributed by atoms with van der Waals surface area (Å²) in [6, 6.07) is 16.5. The number of phenolic OH excluding ortho intramolecular Hbond substituents is 1. The molecule has 0 unspecified atom stereocenters. The maximum Gasteiger partial charge on any atom is 0.261 e. The van der Waals surface area contributed by atoms with Crippen LogP contribution in [-0.4, -0.2) is 18.5 Å². The molecular weight excluding hydrogens is 324 g/mol. The van der Waals surface area contributed by atoms with Crippen molar-refractivity contribution in [2.24, 2.45) is 0 Å². The molecule has 2 aromatic carbocycles. The summed E-state index contributed by atoms with van der Waals surface area (Å²) < 4.78 is 27.6. The third kappa shape index (κ3) is 3.38. The quantitative estimate of drug-likeness (QED) is 0.761. The van der Waals surface area contributed by atoms with Crippen molar-refractivity contribution in [1.29, 1.82) is 0 Å². The van der Waals surface area contributed by atoms with Gasteiger partial charge in [0.25, 0.3) is 10.0 Å². The van der Waals surface area contributed by atoms with Crippen molar-refractivity contribution < 1.29 is 13.5 Å². The molecule has 0 amide bonds. The number of anilines is 1. The number of hydrogen-bond donors (Lipinski definition) is 2. The van der Waals surface area contributed by atoms with E-state index in [1.165, 1.54) is 24.3 Å². The van der Waals surface area contributed by atoms with E-state index in [0.717, 1.165) is 16.8 Å². The van der Waals surface area contributed by atoms with E-state index in [1.807, 2.05) is 37.3 Å². The lowest BCUT2D eigenvalue weighted by atomic mass is 10.1. The molecule has 0 bridgehead atoms. The fourth-order valence-corrected chi connectivity index (χ4v) is 3.38. The summed E-state index contributed by atoms with van der Waals surface area (Å²) in [5.41, 5.74) is 2.88. The summed E-state index contributed by atoms with van der Waals surface area (Å²) in [7, 11) is -3.73. The van der Waals surface area contributed by atoms with Crippen LogP contribution in [-0.2, 0) is 10.0 Å². The van der Waals surface area contributed by atoms with Crippen molar-refractivity contribution in [2.45, 2.75) is 11.8 Å². The van der Waals surface area contributed by atoms with Gasteiger partial charge in [-0.3, -0.25) is 9.71 Å². The van der Waals surface area contributed by atoms with E-state index in [9.17, 15) is 13.5 Å². The number of sulfonamides is 1. The molecule has 24 heavy (non-hydrogen) atoms.